The summed E-state index contributed by atoms with van der Waals surface area (Å²) in [5, 5.41) is 8.35. The van der Waals surface area contributed by atoms with Crippen LogP contribution in [0.2, 0.25) is 0 Å². The molecule has 0 spiro atoms. The first-order valence-electron chi connectivity index (χ1n) is 3.14. The van der Waals surface area contributed by atoms with Crippen molar-refractivity contribution in [3.05, 3.63) is 22.6 Å². The molecule has 60 valence electrons. The van der Waals surface area contributed by atoms with Gasteiger partial charge < -0.3 is 9.52 Å². The first-order chi connectivity index (χ1) is 5.20. The maximum atomic E-state index is 10.1. The van der Waals surface area contributed by atoms with Crippen molar-refractivity contribution in [2.24, 2.45) is 0 Å². The Balaban J connectivity index is 2.51. The van der Waals surface area contributed by atoms with Crippen LogP contribution < -0.4 is 0 Å². The molecule has 0 radical (unpaired) electrons. The van der Waals surface area contributed by atoms with Crippen LogP contribution in [0.4, 0.5) is 0 Å². The van der Waals surface area contributed by atoms with Crippen molar-refractivity contribution < 1.29 is 14.3 Å². The van der Waals surface area contributed by atoms with Gasteiger partial charge in [-0.2, -0.15) is 0 Å². The highest BCUT2D eigenvalue weighted by atomic mass is 79.9. The Kier molecular flexibility index (Phi) is 2.70. The van der Waals surface area contributed by atoms with E-state index < -0.39 is 5.97 Å². The molecular weight excluding hydrogens is 212 g/mol. The van der Waals surface area contributed by atoms with Gasteiger partial charge in [0.05, 0.1) is 17.2 Å². The number of carboxylic acids is 1. The SMILES string of the molecule is O=C(O)CCc1occc1Br. The van der Waals surface area contributed by atoms with Crippen LogP contribution in [-0.2, 0) is 11.2 Å². The molecule has 11 heavy (non-hydrogen) atoms. The predicted molar refractivity (Wildman–Crippen MR) is 42.4 cm³/mol. The Morgan fingerprint density at radius 3 is 2.91 bits per heavy atom. The van der Waals surface area contributed by atoms with E-state index in [0.717, 1.165) is 4.47 Å². The third-order valence-corrected chi connectivity index (χ3v) is 1.96. The van der Waals surface area contributed by atoms with E-state index in [1.165, 1.54) is 6.26 Å². The minimum absolute atomic E-state index is 0.103. The molecule has 4 heteroatoms. The van der Waals surface area contributed by atoms with Crippen molar-refractivity contribution in [1.29, 1.82) is 0 Å². The third kappa shape index (κ3) is 2.38. The number of carbonyl (C=O) groups is 1. The van der Waals surface area contributed by atoms with Gasteiger partial charge in [-0.15, -0.1) is 0 Å². The number of hydrogen-bond donors (Lipinski definition) is 1. The summed E-state index contributed by atoms with van der Waals surface area (Å²) in [6.45, 7) is 0. The fourth-order valence-electron chi connectivity index (χ4n) is 0.724. The standard InChI is InChI=1S/C7H7BrO3/c8-5-3-4-11-6(5)1-2-7(9)10/h3-4H,1-2H2,(H,9,10). The molecule has 0 saturated heterocycles. The van der Waals surface area contributed by atoms with Crippen LogP contribution in [0.25, 0.3) is 0 Å². The van der Waals surface area contributed by atoms with Gasteiger partial charge in [-0.3, -0.25) is 4.79 Å². The van der Waals surface area contributed by atoms with Crippen molar-refractivity contribution in [3.63, 3.8) is 0 Å². The Bertz CT molecular complexity index is 254. The molecule has 3 nitrogen and oxygen atoms in total. The molecule has 0 aliphatic rings. The lowest BCUT2D eigenvalue weighted by Crippen LogP contribution is -1.96. The molecule has 1 aromatic heterocycles. The van der Waals surface area contributed by atoms with Crippen LogP contribution in [-0.4, -0.2) is 11.1 Å². The van der Waals surface area contributed by atoms with E-state index in [0.29, 0.717) is 12.2 Å². The Hall–Kier alpha value is -0.770. The largest absolute Gasteiger partial charge is 0.481 e. The zero-order chi connectivity index (χ0) is 8.27. The monoisotopic (exact) mass is 218 g/mol. The second-order valence-electron chi connectivity index (χ2n) is 2.09. The number of halogens is 1. The minimum atomic E-state index is -0.812. The van der Waals surface area contributed by atoms with Gasteiger partial charge in [0, 0.05) is 6.42 Å². The molecule has 1 aromatic rings. The van der Waals surface area contributed by atoms with Gasteiger partial charge in [0.2, 0.25) is 0 Å². The molecule has 1 N–H and O–H groups in total. The molecule has 0 unspecified atom stereocenters. The quantitative estimate of drug-likeness (QED) is 0.846. The van der Waals surface area contributed by atoms with Crippen LogP contribution in [0.1, 0.15) is 12.2 Å². The van der Waals surface area contributed by atoms with Gasteiger partial charge in [-0.05, 0) is 22.0 Å². The lowest BCUT2D eigenvalue weighted by molar-refractivity contribution is -0.137. The van der Waals surface area contributed by atoms with E-state index in [1.807, 2.05) is 0 Å². The minimum Gasteiger partial charge on any atom is -0.481 e. The van der Waals surface area contributed by atoms with Gasteiger partial charge in [-0.1, -0.05) is 0 Å². The van der Waals surface area contributed by atoms with Crippen molar-refractivity contribution in [1.82, 2.24) is 0 Å². The predicted octanol–water partition coefficient (Wildman–Crippen LogP) is 2.06. The van der Waals surface area contributed by atoms with Crippen LogP contribution in [0.5, 0.6) is 0 Å². The van der Waals surface area contributed by atoms with Crippen molar-refractivity contribution in [3.8, 4) is 0 Å². The molecule has 0 saturated carbocycles. The Morgan fingerprint density at radius 1 is 1.73 bits per heavy atom. The van der Waals surface area contributed by atoms with Crippen LogP contribution >= 0.6 is 15.9 Å². The van der Waals surface area contributed by atoms with Gasteiger partial charge in [0.25, 0.3) is 0 Å². The number of aryl methyl sites for hydroxylation is 1. The Labute approximate surface area is 72.1 Å². The average Bonchev–Trinajstić information content (AvgIpc) is 2.31. The topological polar surface area (TPSA) is 50.4 Å². The summed E-state index contributed by atoms with van der Waals surface area (Å²) in [5.41, 5.74) is 0. The third-order valence-electron chi connectivity index (χ3n) is 1.26. The van der Waals surface area contributed by atoms with E-state index >= 15 is 0 Å². The van der Waals surface area contributed by atoms with E-state index in [-0.39, 0.29) is 6.42 Å². The maximum absolute atomic E-state index is 10.1. The summed E-state index contributed by atoms with van der Waals surface area (Å²) in [5.74, 6) is -0.124. The lowest BCUT2D eigenvalue weighted by Gasteiger charge is -1.92. The maximum Gasteiger partial charge on any atom is 0.303 e. The highest BCUT2D eigenvalue weighted by molar-refractivity contribution is 9.10. The molecule has 0 atom stereocenters. The van der Waals surface area contributed by atoms with Gasteiger partial charge >= 0.3 is 5.97 Å². The fraction of sp³-hybridized carbons (Fsp3) is 0.286. The molecular formula is C7H7BrO3. The van der Waals surface area contributed by atoms with E-state index in [4.69, 9.17) is 9.52 Å². The first kappa shape index (κ1) is 8.33. The molecule has 0 bridgehead atoms. The lowest BCUT2D eigenvalue weighted by atomic mass is 10.2. The molecule has 0 aliphatic carbocycles. The van der Waals surface area contributed by atoms with Crippen molar-refractivity contribution >= 4 is 21.9 Å². The van der Waals surface area contributed by atoms with E-state index in [9.17, 15) is 4.79 Å². The summed E-state index contributed by atoms with van der Waals surface area (Å²) in [7, 11) is 0. The van der Waals surface area contributed by atoms with Gasteiger partial charge in [0.15, 0.2) is 0 Å². The molecule has 1 heterocycles. The normalized spacial score (nSPS) is 9.91. The zero-order valence-corrected chi connectivity index (χ0v) is 7.30. The smallest absolute Gasteiger partial charge is 0.303 e. The first-order valence-corrected chi connectivity index (χ1v) is 3.93. The highest BCUT2D eigenvalue weighted by Gasteiger charge is 2.05. The molecule has 1 rings (SSSR count). The van der Waals surface area contributed by atoms with Crippen LogP contribution in [0.15, 0.2) is 21.2 Å². The molecule has 0 fully saturated rings. The summed E-state index contributed by atoms with van der Waals surface area (Å²) in [4.78, 5) is 10.1. The van der Waals surface area contributed by atoms with Crippen molar-refractivity contribution in [2.75, 3.05) is 0 Å². The number of rotatable bonds is 3. The number of hydrogen-bond acceptors (Lipinski definition) is 2. The zero-order valence-electron chi connectivity index (χ0n) is 5.71. The average molecular weight is 219 g/mol. The number of aliphatic carboxylic acids is 1. The van der Waals surface area contributed by atoms with Crippen LogP contribution in [0, 0.1) is 0 Å². The van der Waals surface area contributed by atoms with Gasteiger partial charge in [0.1, 0.15) is 5.76 Å². The molecule has 0 amide bonds. The van der Waals surface area contributed by atoms with E-state index in [1.54, 1.807) is 6.07 Å². The second kappa shape index (κ2) is 3.57. The molecule has 0 aromatic carbocycles. The van der Waals surface area contributed by atoms with Crippen LogP contribution in [0.3, 0.4) is 0 Å². The number of carboxylic acid groups (broad SMARTS) is 1. The summed E-state index contributed by atoms with van der Waals surface area (Å²) >= 11 is 3.23. The summed E-state index contributed by atoms with van der Waals surface area (Å²) in [6.07, 6.45) is 2.07. The van der Waals surface area contributed by atoms with Crippen molar-refractivity contribution in [2.45, 2.75) is 12.8 Å². The van der Waals surface area contributed by atoms with E-state index in [2.05, 4.69) is 15.9 Å². The highest BCUT2D eigenvalue weighted by Crippen LogP contribution is 2.18. The summed E-state index contributed by atoms with van der Waals surface area (Å²) in [6, 6.07) is 1.75. The number of furan rings is 1. The summed E-state index contributed by atoms with van der Waals surface area (Å²) < 4.78 is 5.84. The molecule has 0 aliphatic heterocycles. The van der Waals surface area contributed by atoms with Gasteiger partial charge in [-0.25, -0.2) is 0 Å². The second-order valence-corrected chi connectivity index (χ2v) is 2.94. The Morgan fingerprint density at radius 2 is 2.45 bits per heavy atom. The fourth-order valence-corrected chi connectivity index (χ4v) is 1.12.